The predicted octanol–water partition coefficient (Wildman–Crippen LogP) is 1.85. The molecule has 1 saturated carbocycles. The lowest BCUT2D eigenvalue weighted by Gasteiger charge is -2.31. The third-order valence-electron chi connectivity index (χ3n) is 3.15. The summed E-state index contributed by atoms with van der Waals surface area (Å²) >= 11 is 0. The molecule has 0 spiro atoms. The van der Waals surface area contributed by atoms with Crippen LogP contribution in [0.1, 0.15) is 51.4 Å². The quantitative estimate of drug-likeness (QED) is 0.534. The number of hydrogen-bond donors (Lipinski definition) is 2. The standard InChI is InChI=1S/C12H20O2/c1-2-3-8-11(13)12(14)9-6-4-5-7-10-12/h1,11,13-14H,3-10H2. The Kier molecular flexibility index (Phi) is 4.44. The highest BCUT2D eigenvalue weighted by molar-refractivity contribution is 4.92. The minimum absolute atomic E-state index is 0.521. The van der Waals surface area contributed by atoms with Crippen LogP contribution in [0.4, 0.5) is 0 Å². The summed E-state index contributed by atoms with van der Waals surface area (Å²) in [5.41, 5.74) is -0.868. The average Bonchev–Trinajstić information content (AvgIpc) is 2.40. The Bertz CT molecular complexity index is 197. The molecule has 0 saturated heterocycles. The van der Waals surface area contributed by atoms with Crippen LogP contribution in [0.25, 0.3) is 0 Å². The third-order valence-corrected chi connectivity index (χ3v) is 3.15. The molecule has 2 N–H and O–H groups in total. The third kappa shape index (κ3) is 3.01. The zero-order valence-corrected chi connectivity index (χ0v) is 8.71. The summed E-state index contributed by atoms with van der Waals surface area (Å²) in [6.45, 7) is 0. The number of aliphatic hydroxyl groups excluding tert-OH is 1. The van der Waals surface area contributed by atoms with Gasteiger partial charge in [-0.2, -0.15) is 0 Å². The van der Waals surface area contributed by atoms with Gasteiger partial charge in [0, 0.05) is 6.42 Å². The Morgan fingerprint density at radius 3 is 2.29 bits per heavy atom. The van der Waals surface area contributed by atoms with Crippen LogP contribution < -0.4 is 0 Å². The molecular weight excluding hydrogens is 176 g/mol. The Morgan fingerprint density at radius 1 is 1.21 bits per heavy atom. The van der Waals surface area contributed by atoms with Crippen molar-refractivity contribution >= 4 is 0 Å². The molecule has 0 bridgehead atoms. The first-order chi connectivity index (χ1) is 6.69. The molecule has 0 aromatic carbocycles. The smallest absolute Gasteiger partial charge is 0.0905 e. The van der Waals surface area contributed by atoms with Gasteiger partial charge < -0.3 is 10.2 Å². The summed E-state index contributed by atoms with van der Waals surface area (Å²) in [6.07, 6.45) is 11.4. The van der Waals surface area contributed by atoms with E-state index in [0.717, 1.165) is 25.7 Å². The maximum Gasteiger partial charge on any atom is 0.0905 e. The van der Waals surface area contributed by atoms with Gasteiger partial charge in [0.15, 0.2) is 0 Å². The molecule has 0 aromatic heterocycles. The van der Waals surface area contributed by atoms with Crippen molar-refractivity contribution in [3.63, 3.8) is 0 Å². The summed E-state index contributed by atoms with van der Waals surface area (Å²) in [4.78, 5) is 0. The van der Waals surface area contributed by atoms with Gasteiger partial charge in [0.1, 0.15) is 0 Å². The average molecular weight is 196 g/mol. The van der Waals surface area contributed by atoms with Gasteiger partial charge >= 0.3 is 0 Å². The predicted molar refractivity (Wildman–Crippen MR) is 56.7 cm³/mol. The number of rotatable bonds is 3. The first-order valence-corrected chi connectivity index (χ1v) is 5.53. The topological polar surface area (TPSA) is 40.5 Å². The van der Waals surface area contributed by atoms with Gasteiger partial charge in [0.25, 0.3) is 0 Å². The maximum atomic E-state index is 10.2. The summed E-state index contributed by atoms with van der Waals surface area (Å²) in [5.74, 6) is 2.50. The number of aliphatic hydroxyl groups is 2. The molecule has 80 valence electrons. The van der Waals surface area contributed by atoms with E-state index in [2.05, 4.69) is 5.92 Å². The highest BCUT2D eigenvalue weighted by Gasteiger charge is 2.35. The lowest BCUT2D eigenvalue weighted by Crippen LogP contribution is -2.41. The number of hydrogen-bond acceptors (Lipinski definition) is 2. The van der Waals surface area contributed by atoms with Crippen molar-refractivity contribution in [1.29, 1.82) is 0 Å². The van der Waals surface area contributed by atoms with Crippen molar-refractivity contribution < 1.29 is 10.2 Å². The second kappa shape index (κ2) is 5.38. The van der Waals surface area contributed by atoms with Crippen molar-refractivity contribution in [1.82, 2.24) is 0 Å². The van der Waals surface area contributed by atoms with Gasteiger partial charge in [0.2, 0.25) is 0 Å². The van der Waals surface area contributed by atoms with Crippen molar-refractivity contribution in [3.05, 3.63) is 0 Å². The molecule has 2 heteroatoms. The molecule has 1 aliphatic carbocycles. The van der Waals surface area contributed by atoms with Gasteiger partial charge in [-0.15, -0.1) is 12.3 Å². The zero-order valence-electron chi connectivity index (χ0n) is 8.71. The minimum Gasteiger partial charge on any atom is -0.390 e. The second-order valence-electron chi connectivity index (χ2n) is 4.28. The van der Waals surface area contributed by atoms with Crippen molar-refractivity contribution in [2.45, 2.75) is 63.1 Å². The second-order valence-corrected chi connectivity index (χ2v) is 4.28. The van der Waals surface area contributed by atoms with E-state index < -0.39 is 11.7 Å². The molecule has 2 nitrogen and oxygen atoms in total. The van der Waals surface area contributed by atoms with E-state index in [-0.39, 0.29) is 0 Å². The molecule has 0 heterocycles. The summed E-state index contributed by atoms with van der Waals surface area (Å²) < 4.78 is 0. The van der Waals surface area contributed by atoms with Crippen LogP contribution in [0.3, 0.4) is 0 Å². The molecule has 14 heavy (non-hydrogen) atoms. The van der Waals surface area contributed by atoms with E-state index in [4.69, 9.17) is 6.42 Å². The summed E-state index contributed by atoms with van der Waals surface area (Å²) in [5, 5.41) is 20.1. The maximum absolute atomic E-state index is 10.2. The molecular formula is C12H20O2. The highest BCUT2D eigenvalue weighted by atomic mass is 16.3. The Labute approximate surface area is 86.3 Å². The first kappa shape index (κ1) is 11.6. The van der Waals surface area contributed by atoms with E-state index >= 15 is 0 Å². The highest BCUT2D eigenvalue weighted by Crippen LogP contribution is 2.31. The van der Waals surface area contributed by atoms with Crippen LogP contribution in [-0.4, -0.2) is 21.9 Å². The van der Waals surface area contributed by atoms with Gasteiger partial charge in [0.05, 0.1) is 11.7 Å². The zero-order chi connectivity index (χ0) is 10.4. The lowest BCUT2D eigenvalue weighted by molar-refractivity contribution is -0.0866. The number of terminal acetylenes is 1. The van der Waals surface area contributed by atoms with Gasteiger partial charge in [-0.25, -0.2) is 0 Å². The molecule has 0 aliphatic heterocycles. The largest absolute Gasteiger partial charge is 0.390 e. The molecule has 1 rings (SSSR count). The Balaban J connectivity index is 2.48. The molecule has 0 radical (unpaired) electrons. The van der Waals surface area contributed by atoms with Crippen LogP contribution in [-0.2, 0) is 0 Å². The van der Waals surface area contributed by atoms with Gasteiger partial charge in [-0.1, -0.05) is 25.7 Å². The normalized spacial score (nSPS) is 23.5. The molecule has 1 aliphatic rings. The summed E-state index contributed by atoms with van der Waals surface area (Å²) in [6, 6.07) is 0. The fourth-order valence-corrected chi connectivity index (χ4v) is 2.16. The van der Waals surface area contributed by atoms with Gasteiger partial charge in [-0.05, 0) is 19.3 Å². The monoisotopic (exact) mass is 196 g/mol. The lowest BCUT2D eigenvalue weighted by atomic mass is 9.86. The van der Waals surface area contributed by atoms with E-state index in [0.29, 0.717) is 12.8 Å². The molecule has 0 amide bonds. The SMILES string of the molecule is C#CCCC(O)C1(O)CCCCCC1. The fourth-order valence-electron chi connectivity index (χ4n) is 2.16. The van der Waals surface area contributed by atoms with E-state index in [1.165, 1.54) is 12.8 Å². The molecule has 1 unspecified atom stereocenters. The molecule has 1 atom stereocenters. The van der Waals surface area contributed by atoms with E-state index in [1.54, 1.807) is 0 Å². The molecule has 1 fully saturated rings. The van der Waals surface area contributed by atoms with E-state index in [9.17, 15) is 10.2 Å². The first-order valence-electron chi connectivity index (χ1n) is 5.53. The van der Waals surface area contributed by atoms with Crippen LogP contribution in [0.15, 0.2) is 0 Å². The van der Waals surface area contributed by atoms with Crippen LogP contribution >= 0.6 is 0 Å². The van der Waals surface area contributed by atoms with Crippen molar-refractivity contribution in [2.24, 2.45) is 0 Å². The summed E-state index contributed by atoms with van der Waals surface area (Å²) in [7, 11) is 0. The van der Waals surface area contributed by atoms with Crippen molar-refractivity contribution in [3.8, 4) is 12.3 Å². The van der Waals surface area contributed by atoms with Crippen LogP contribution in [0.5, 0.6) is 0 Å². The minimum atomic E-state index is -0.868. The fraction of sp³-hybridized carbons (Fsp3) is 0.833. The van der Waals surface area contributed by atoms with Crippen LogP contribution in [0.2, 0.25) is 0 Å². The Hall–Kier alpha value is -0.520. The van der Waals surface area contributed by atoms with Crippen molar-refractivity contribution in [2.75, 3.05) is 0 Å². The Morgan fingerprint density at radius 2 is 1.79 bits per heavy atom. The van der Waals surface area contributed by atoms with E-state index in [1.807, 2.05) is 0 Å². The van der Waals surface area contributed by atoms with Gasteiger partial charge in [-0.3, -0.25) is 0 Å². The van der Waals surface area contributed by atoms with Crippen LogP contribution in [0, 0.1) is 12.3 Å². The molecule has 0 aromatic rings.